The lowest BCUT2D eigenvalue weighted by atomic mass is 10.0. The van der Waals surface area contributed by atoms with Crippen LogP contribution in [-0.2, 0) is 14.8 Å². The zero-order valence-electron chi connectivity index (χ0n) is 12.7. The van der Waals surface area contributed by atoms with Crippen molar-refractivity contribution in [3.63, 3.8) is 0 Å². The molecule has 9 heteroatoms. The summed E-state index contributed by atoms with van der Waals surface area (Å²) in [5, 5.41) is 3.20. The highest BCUT2D eigenvalue weighted by Gasteiger charge is 2.25. The van der Waals surface area contributed by atoms with E-state index >= 15 is 0 Å². The average molecular weight is 367 g/mol. The number of ether oxygens (including phenoxy) is 1. The number of piperidine rings is 1. The van der Waals surface area contributed by atoms with Gasteiger partial charge in [0.25, 0.3) is 0 Å². The van der Waals surface area contributed by atoms with Crippen LogP contribution in [0.15, 0.2) is 23.1 Å². The van der Waals surface area contributed by atoms with Crippen LogP contribution in [0.5, 0.6) is 0 Å². The fraction of sp³-hybridized carbons (Fsp3) is 0.500. The summed E-state index contributed by atoms with van der Waals surface area (Å²) in [5.74, 6) is -1.39. The lowest BCUT2D eigenvalue weighted by molar-refractivity contribution is 0.0595. The number of hydrogen-bond acceptors (Lipinski definition) is 5. The zero-order valence-corrected chi connectivity index (χ0v) is 14.3. The van der Waals surface area contributed by atoms with E-state index in [1.165, 1.54) is 0 Å². The number of carbonyl (C=O) groups excluding carboxylic acids is 1. The normalized spacial score (nSPS) is 18.1. The first kappa shape index (κ1) is 19.8. The highest BCUT2D eigenvalue weighted by atomic mass is 35.5. The van der Waals surface area contributed by atoms with E-state index in [9.17, 15) is 17.6 Å². The van der Waals surface area contributed by atoms with Crippen molar-refractivity contribution in [1.82, 2.24) is 10.0 Å². The molecule has 0 saturated carbocycles. The van der Waals surface area contributed by atoms with Crippen LogP contribution in [0.3, 0.4) is 0 Å². The van der Waals surface area contributed by atoms with Crippen LogP contribution in [-0.4, -0.2) is 41.1 Å². The molecule has 23 heavy (non-hydrogen) atoms. The highest BCUT2D eigenvalue weighted by molar-refractivity contribution is 7.89. The van der Waals surface area contributed by atoms with Crippen LogP contribution >= 0.6 is 12.4 Å². The second kappa shape index (κ2) is 8.58. The van der Waals surface area contributed by atoms with Gasteiger partial charge in [-0.15, -0.1) is 12.4 Å². The lowest BCUT2D eigenvalue weighted by Crippen LogP contribution is -2.38. The summed E-state index contributed by atoms with van der Waals surface area (Å²) < 4.78 is 45.0. The molecule has 0 aromatic heterocycles. The Kier molecular flexibility index (Phi) is 7.40. The molecular weight excluding hydrogens is 347 g/mol. The Morgan fingerprint density at radius 3 is 2.83 bits per heavy atom. The highest BCUT2D eigenvalue weighted by Crippen LogP contribution is 2.19. The van der Waals surface area contributed by atoms with E-state index < -0.39 is 21.8 Å². The predicted octanol–water partition coefficient (Wildman–Crippen LogP) is 1.31. The molecule has 6 nitrogen and oxygen atoms in total. The maximum absolute atomic E-state index is 13.3. The van der Waals surface area contributed by atoms with Crippen LogP contribution in [0.25, 0.3) is 0 Å². The number of halogens is 2. The van der Waals surface area contributed by atoms with Gasteiger partial charge in [-0.3, -0.25) is 0 Å². The van der Waals surface area contributed by atoms with Crippen molar-refractivity contribution in [2.45, 2.75) is 17.7 Å². The standard InChI is InChI=1S/C14H19FN2O4S.ClH/c1-21-14(18)12-7-11(15)4-5-13(12)22(19,20)17-9-10-3-2-6-16-8-10;/h4-5,7,10,16-17H,2-3,6,8-9H2,1H3;1H. The van der Waals surface area contributed by atoms with Crippen molar-refractivity contribution < 1.29 is 22.3 Å². The molecule has 1 aliphatic rings. The van der Waals surface area contributed by atoms with E-state index in [0.717, 1.165) is 51.2 Å². The van der Waals surface area contributed by atoms with Crippen molar-refractivity contribution in [1.29, 1.82) is 0 Å². The third-order valence-corrected chi connectivity index (χ3v) is 5.08. The van der Waals surface area contributed by atoms with Gasteiger partial charge in [0.15, 0.2) is 0 Å². The smallest absolute Gasteiger partial charge is 0.339 e. The molecule has 130 valence electrons. The molecule has 0 bridgehead atoms. The van der Waals surface area contributed by atoms with Crippen molar-refractivity contribution >= 4 is 28.4 Å². The quantitative estimate of drug-likeness (QED) is 0.768. The summed E-state index contributed by atoms with van der Waals surface area (Å²) in [6.45, 7) is 1.96. The van der Waals surface area contributed by atoms with Crippen molar-refractivity contribution in [2.24, 2.45) is 5.92 Å². The van der Waals surface area contributed by atoms with Crippen LogP contribution in [0.2, 0.25) is 0 Å². The Morgan fingerprint density at radius 1 is 1.48 bits per heavy atom. The fourth-order valence-corrected chi connectivity index (χ4v) is 3.70. The van der Waals surface area contributed by atoms with E-state index in [1.54, 1.807) is 0 Å². The van der Waals surface area contributed by atoms with Crippen LogP contribution in [0.4, 0.5) is 4.39 Å². The molecule has 0 amide bonds. The Labute approximate surface area is 141 Å². The number of benzene rings is 1. The number of nitrogens with one attached hydrogen (secondary N) is 2. The Balaban J connectivity index is 0.00000264. The predicted molar refractivity (Wildman–Crippen MR) is 85.8 cm³/mol. The largest absolute Gasteiger partial charge is 0.465 e. The van der Waals surface area contributed by atoms with E-state index in [2.05, 4.69) is 14.8 Å². The van der Waals surface area contributed by atoms with Gasteiger partial charge in [-0.1, -0.05) is 0 Å². The Bertz CT molecular complexity index is 648. The van der Waals surface area contributed by atoms with Gasteiger partial charge in [-0.25, -0.2) is 22.3 Å². The molecule has 2 rings (SSSR count). The van der Waals surface area contributed by atoms with Crippen molar-refractivity contribution in [3.8, 4) is 0 Å². The molecule has 1 saturated heterocycles. The minimum Gasteiger partial charge on any atom is -0.465 e. The number of esters is 1. The monoisotopic (exact) mass is 366 g/mol. The van der Waals surface area contributed by atoms with Gasteiger partial charge in [-0.05, 0) is 50.0 Å². The van der Waals surface area contributed by atoms with E-state index in [-0.39, 0.29) is 35.3 Å². The summed E-state index contributed by atoms with van der Waals surface area (Å²) in [7, 11) is -2.79. The fourth-order valence-electron chi connectivity index (χ4n) is 2.41. The molecular formula is C14H20ClFN2O4S. The van der Waals surface area contributed by atoms with Gasteiger partial charge in [-0.2, -0.15) is 0 Å². The molecule has 1 aliphatic heterocycles. The minimum absolute atomic E-state index is 0. The summed E-state index contributed by atoms with van der Waals surface area (Å²) in [6, 6.07) is 2.94. The maximum Gasteiger partial charge on any atom is 0.339 e. The molecule has 1 atom stereocenters. The number of methoxy groups -OCH3 is 1. The van der Waals surface area contributed by atoms with Crippen molar-refractivity contribution in [3.05, 3.63) is 29.6 Å². The van der Waals surface area contributed by atoms with E-state index in [4.69, 9.17) is 0 Å². The second-order valence-corrected chi connectivity index (χ2v) is 6.93. The summed E-state index contributed by atoms with van der Waals surface area (Å²) in [6.07, 6.45) is 1.93. The number of rotatable bonds is 5. The molecule has 2 N–H and O–H groups in total. The van der Waals surface area contributed by atoms with Gasteiger partial charge in [0.05, 0.1) is 17.6 Å². The summed E-state index contributed by atoms with van der Waals surface area (Å²) >= 11 is 0. The van der Waals surface area contributed by atoms with Gasteiger partial charge < -0.3 is 10.1 Å². The molecule has 0 aliphatic carbocycles. The minimum atomic E-state index is -3.91. The number of carbonyl (C=O) groups is 1. The van der Waals surface area contributed by atoms with Gasteiger partial charge in [0.2, 0.25) is 10.0 Å². The third kappa shape index (κ3) is 5.13. The first-order chi connectivity index (χ1) is 10.4. The summed E-state index contributed by atoms with van der Waals surface area (Å²) in [4.78, 5) is 11.4. The molecule has 1 aromatic rings. The lowest BCUT2D eigenvalue weighted by Gasteiger charge is -2.23. The Morgan fingerprint density at radius 2 is 2.22 bits per heavy atom. The number of hydrogen-bond donors (Lipinski definition) is 2. The summed E-state index contributed by atoms with van der Waals surface area (Å²) in [5.41, 5.74) is -0.309. The molecule has 1 fully saturated rings. The van der Waals surface area contributed by atoms with Crippen LogP contribution < -0.4 is 10.0 Å². The van der Waals surface area contributed by atoms with E-state index in [1.807, 2.05) is 0 Å². The third-order valence-electron chi connectivity index (χ3n) is 3.60. The topological polar surface area (TPSA) is 84.5 Å². The molecule has 1 heterocycles. The van der Waals surface area contributed by atoms with E-state index in [0.29, 0.717) is 0 Å². The van der Waals surface area contributed by atoms with Crippen LogP contribution in [0, 0.1) is 11.7 Å². The molecule has 1 unspecified atom stereocenters. The number of sulfonamides is 1. The zero-order chi connectivity index (χ0) is 16.2. The SMILES string of the molecule is COC(=O)c1cc(F)ccc1S(=O)(=O)NCC1CCCNC1.Cl. The van der Waals surface area contributed by atoms with Gasteiger partial charge in [0, 0.05) is 6.54 Å². The molecule has 0 radical (unpaired) electrons. The average Bonchev–Trinajstić information content (AvgIpc) is 2.53. The molecule has 1 aromatic carbocycles. The second-order valence-electron chi connectivity index (χ2n) is 5.20. The first-order valence-corrected chi connectivity index (χ1v) is 8.50. The van der Waals surface area contributed by atoms with Gasteiger partial charge in [0.1, 0.15) is 5.82 Å². The van der Waals surface area contributed by atoms with Crippen molar-refractivity contribution in [2.75, 3.05) is 26.7 Å². The maximum atomic E-state index is 13.3. The van der Waals surface area contributed by atoms with Gasteiger partial charge >= 0.3 is 5.97 Å². The molecule has 0 spiro atoms. The van der Waals surface area contributed by atoms with Crippen LogP contribution in [0.1, 0.15) is 23.2 Å². The first-order valence-electron chi connectivity index (χ1n) is 7.02. The Hall–Kier alpha value is -1.22.